The van der Waals surface area contributed by atoms with E-state index < -0.39 is 0 Å². The van der Waals surface area contributed by atoms with Gasteiger partial charge in [0.2, 0.25) is 0 Å². The summed E-state index contributed by atoms with van der Waals surface area (Å²) >= 11 is 1.50. The van der Waals surface area contributed by atoms with Crippen LogP contribution in [0.2, 0.25) is 0 Å². The van der Waals surface area contributed by atoms with Crippen molar-refractivity contribution >= 4 is 26.6 Å². The summed E-state index contributed by atoms with van der Waals surface area (Å²) in [4.78, 5) is 7.89. The molecule has 0 saturated heterocycles. The molecule has 0 aromatic carbocycles. The lowest BCUT2D eigenvalue weighted by Crippen LogP contribution is -1.74. The Labute approximate surface area is 61.5 Å². The minimum atomic E-state index is 0.788. The molecular weight excluding hydrogens is 146 g/mol. The van der Waals surface area contributed by atoms with E-state index in [-0.39, 0.29) is 0 Å². The van der Waals surface area contributed by atoms with Crippen LogP contribution in [0.3, 0.4) is 0 Å². The Morgan fingerprint density at radius 1 is 1.50 bits per heavy atom. The largest absolute Gasteiger partial charge is 0.391 e. The van der Waals surface area contributed by atoms with Crippen molar-refractivity contribution in [2.75, 3.05) is 5.73 Å². The third kappa shape index (κ3) is 0.733. The van der Waals surface area contributed by atoms with Crippen molar-refractivity contribution in [3.05, 3.63) is 18.6 Å². The van der Waals surface area contributed by atoms with Gasteiger partial charge in [-0.1, -0.05) is 0 Å². The highest BCUT2D eigenvalue weighted by atomic mass is 32.1. The van der Waals surface area contributed by atoms with Gasteiger partial charge in [-0.15, -0.1) is 11.3 Å². The van der Waals surface area contributed by atoms with Gasteiger partial charge in [0, 0.05) is 6.20 Å². The second-order valence-electron chi connectivity index (χ2n) is 1.92. The first kappa shape index (κ1) is 5.61. The maximum Gasteiger partial charge on any atom is 0.116 e. The zero-order valence-electron chi connectivity index (χ0n) is 5.11. The van der Waals surface area contributed by atoms with Gasteiger partial charge in [-0.25, -0.2) is 9.97 Å². The smallest absolute Gasteiger partial charge is 0.116 e. The number of rotatable bonds is 0. The molecule has 0 aliphatic rings. The molecule has 2 N–H and O–H groups in total. The number of nitrogens with zero attached hydrogens (tertiary/aromatic N) is 2. The fourth-order valence-corrected chi connectivity index (χ4v) is 1.56. The fraction of sp³-hybridized carbons (Fsp3) is 0. The Hall–Kier alpha value is -1.16. The van der Waals surface area contributed by atoms with Crippen LogP contribution in [-0.2, 0) is 0 Å². The zero-order valence-corrected chi connectivity index (χ0v) is 5.93. The Morgan fingerprint density at radius 3 is 3.20 bits per heavy atom. The van der Waals surface area contributed by atoms with E-state index in [1.165, 1.54) is 17.7 Å². The van der Waals surface area contributed by atoms with E-state index in [1.54, 1.807) is 6.20 Å². The predicted molar refractivity (Wildman–Crippen MR) is 41.8 cm³/mol. The van der Waals surface area contributed by atoms with Gasteiger partial charge in [-0.2, -0.15) is 0 Å². The Morgan fingerprint density at radius 2 is 2.40 bits per heavy atom. The molecule has 2 aromatic heterocycles. The Balaban J connectivity index is 2.88. The van der Waals surface area contributed by atoms with Crippen LogP contribution in [0.4, 0.5) is 5.00 Å². The normalized spacial score (nSPS) is 10.4. The third-order valence-corrected chi connectivity index (χ3v) is 2.10. The van der Waals surface area contributed by atoms with Crippen molar-refractivity contribution in [1.82, 2.24) is 9.97 Å². The number of hydrogen-bond acceptors (Lipinski definition) is 4. The molecule has 3 nitrogen and oxygen atoms in total. The molecule has 0 amide bonds. The third-order valence-electron chi connectivity index (χ3n) is 1.21. The topological polar surface area (TPSA) is 51.8 Å². The second-order valence-corrected chi connectivity index (χ2v) is 3.04. The lowest BCUT2D eigenvalue weighted by atomic mass is 10.5. The molecule has 0 saturated carbocycles. The van der Waals surface area contributed by atoms with Crippen molar-refractivity contribution in [3.8, 4) is 0 Å². The molecule has 2 aromatic rings. The molecule has 4 heteroatoms. The molecule has 0 aliphatic heterocycles. The zero-order chi connectivity index (χ0) is 6.97. The summed E-state index contributed by atoms with van der Waals surface area (Å²) < 4.78 is 1.04. The van der Waals surface area contributed by atoms with Crippen molar-refractivity contribution < 1.29 is 0 Å². The average Bonchev–Trinajstić information content (AvgIpc) is 2.27. The van der Waals surface area contributed by atoms with Gasteiger partial charge < -0.3 is 5.73 Å². The van der Waals surface area contributed by atoms with Crippen LogP contribution >= 0.6 is 11.3 Å². The van der Waals surface area contributed by atoms with Crippen LogP contribution in [0.15, 0.2) is 18.6 Å². The van der Waals surface area contributed by atoms with Crippen LogP contribution in [0.5, 0.6) is 0 Å². The van der Waals surface area contributed by atoms with E-state index >= 15 is 0 Å². The van der Waals surface area contributed by atoms with Crippen LogP contribution in [0, 0.1) is 0 Å². The summed E-state index contributed by atoms with van der Waals surface area (Å²) in [5.41, 5.74) is 6.47. The molecule has 0 atom stereocenters. The summed E-state index contributed by atoms with van der Waals surface area (Å²) in [5.74, 6) is 0. The average molecular weight is 151 g/mol. The van der Waals surface area contributed by atoms with Crippen molar-refractivity contribution in [2.24, 2.45) is 0 Å². The standard InChI is InChI=1S/C6H5N3S/c7-6-1-4-5(10-6)2-8-3-9-4/h1-3H,7H2. The van der Waals surface area contributed by atoms with Gasteiger partial charge in [0.15, 0.2) is 0 Å². The molecule has 0 spiro atoms. The van der Waals surface area contributed by atoms with E-state index in [0.29, 0.717) is 0 Å². The van der Waals surface area contributed by atoms with Crippen molar-refractivity contribution in [1.29, 1.82) is 0 Å². The lowest BCUT2D eigenvalue weighted by Gasteiger charge is -1.80. The quantitative estimate of drug-likeness (QED) is 0.617. The summed E-state index contributed by atoms with van der Waals surface area (Å²) in [7, 11) is 0. The highest BCUT2D eigenvalue weighted by molar-refractivity contribution is 7.22. The maximum atomic E-state index is 5.54. The number of thiophene rings is 1. The molecular formula is C6H5N3S. The van der Waals surface area contributed by atoms with Crippen LogP contribution in [0.25, 0.3) is 10.2 Å². The van der Waals surface area contributed by atoms with Crippen LogP contribution in [-0.4, -0.2) is 9.97 Å². The van der Waals surface area contributed by atoms with E-state index in [4.69, 9.17) is 5.73 Å². The summed E-state index contributed by atoms with van der Waals surface area (Å²) in [6.45, 7) is 0. The first-order valence-corrected chi connectivity index (χ1v) is 3.63. The van der Waals surface area contributed by atoms with Crippen molar-refractivity contribution in [3.63, 3.8) is 0 Å². The number of nitrogens with two attached hydrogens (primary N) is 1. The number of anilines is 1. The summed E-state index contributed by atoms with van der Waals surface area (Å²) in [6.07, 6.45) is 3.29. The SMILES string of the molecule is Nc1cc2ncncc2s1. The van der Waals surface area contributed by atoms with Gasteiger partial charge >= 0.3 is 0 Å². The Kier molecular flexibility index (Phi) is 1.07. The van der Waals surface area contributed by atoms with E-state index in [0.717, 1.165) is 15.2 Å². The molecule has 0 bridgehead atoms. The van der Waals surface area contributed by atoms with Crippen LogP contribution < -0.4 is 5.73 Å². The molecule has 0 fully saturated rings. The molecule has 0 unspecified atom stereocenters. The second kappa shape index (κ2) is 1.91. The molecule has 0 aliphatic carbocycles. The molecule has 2 heterocycles. The predicted octanol–water partition coefficient (Wildman–Crippen LogP) is 1.27. The summed E-state index contributed by atoms with van der Waals surface area (Å²) in [5, 5.41) is 0.788. The number of hydrogen-bond donors (Lipinski definition) is 1. The molecule has 2 rings (SSSR count). The van der Waals surface area contributed by atoms with E-state index in [1.807, 2.05) is 6.07 Å². The van der Waals surface area contributed by atoms with Gasteiger partial charge in [-0.3, -0.25) is 0 Å². The monoisotopic (exact) mass is 151 g/mol. The van der Waals surface area contributed by atoms with Crippen molar-refractivity contribution in [2.45, 2.75) is 0 Å². The van der Waals surface area contributed by atoms with Gasteiger partial charge in [0.05, 0.1) is 15.2 Å². The van der Waals surface area contributed by atoms with Gasteiger partial charge in [0.1, 0.15) is 6.33 Å². The van der Waals surface area contributed by atoms with E-state index in [9.17, 15) is 0 Å². The highest BCUT2D eigenvalue weighted by Gasteiger charge is 1.96. The first-order valence-electron chi connectivity index (χ1n) is 2.81. The molecule has 10 heavy (non-hydrogen) atoms. The highest BCUT2D eigenvalue weighted by Crippen LogP contribution is 2.23. The minimum absolute atomic E-state index is 0.788. The molecule has 50 valence electrons. The summed E-state index contributed by atoms with van der Waals surface area (Å²) in [6, 6.07) is 1.85. The first-order chi connectivity index (χ1) is 4.86. The fourth-order valence-electron chi connectivity index (χ4n) is 0.805. The number of nitrogen functional groups attached to an aromatic ring is 1. The molecule has 0 radical (unpaired) electrons. The lowest BCUT2D eigenvalue weighted by molar-refractivity contribution is 1.23. The van der Waals surface area contributed by atoms with E-state index in [2.05, 4.69) is 9.97 Å². The maximum absolute atomic E-state index is 5.54. The van der Waals surface area contributed by atoms with Crippen LogP contribution in [0.1, 0.15) is 0 Å². The number of fused-ring (bicyclic) bond motifs is 1. The number of aromatic nitrogens is 2. The van der Waals surface area contributed by atoms with Gasteiger partial charge in [0.25, 0.3) is 0 Å². The Bertz CT molecular complexity index is 322. The minimum Gasteiger partial charge on any atom is -0.391 e. The van der Waals surface area contributed by atoms with Gasteiger partial charge in [-0.05, 0) is 6.07 Å².